The van der Waals surface area contributed by atoms with E-state index in [9.17, 15) is 9.59 Å². The second-order valence-corrected chi connectivity index (χ2v) is 5.78. The monoisotopic (exact) mass is 308 g/mol. The Bertz CT molecular complexity index is 535. The molecule has 0 fully saturated rings. The van der Waals surface area contributed by atoms with Crippen molar-refractivity contribution in [2.45, 2.75) is 33.2 Å². The first-order valence-corrected chi connectivity index (χ1v) is 7.17. The van der Waals surface area contributed by atoms with Crippen LogP contribution in [0.2, 0.25) is 0 Å². The summed E-state index contributed by atoms with van der Waals surface area (Å²) < 4.78 is 10.6. The van der Waals surface area contributed by atoms with Gasteiger partial charge >= 0.3 is 0 Å². The van der Waals surface area contributed by atoms with Gasteiger partial charge in [-0.25, -0.2) is 0 Å². The molecule has 0 saturated heterocycles. The Kier molecular flexibility index (Phi) is 6.22. The summed E-state index contributed by atoms with van der Waals surface area (Å²) in [5.74, 6) is 0.479. The summed E-state index contributed by atoms with van der Waals surface area (Å²) in [4.78, 5) is 23.8. The molecule has 1 aromatic rings. The smallest absolute Gasteiger partial charge is 0.251 e. The van der Waals surface area contributed by atoms with Crippen molar-refractivity contribution in [2.75, 3.05) is 20.3 Å². The first kappa shape index (κ1) is 17.8. The average Bonchev–Trinajstić information content (AvgIpc) is 2.43. The van der Waals surface area contributed by atoms with Crippen LogP contribution < -0.4 is 20.1 Å². The van der Waals surface area contributed by atoms with Gasteiger partial charge in [-0.1, -0.05) is 0 Å². The minimum Gasteiger partial charge on any atom is -0.493 e. The predicted octanol–water partition coefficient (Wildman–Crippen LogP) is 1.74. The van der Waals surface area contributed by atoms with Crippen molar-refractivity contribution in [3.8, 4) is 11.5 Å². The first-order valence-electron chi connectivity index (χ1n) is 7.17. The highest BCUT2D eigenvalue weighted by molar-refractivity contribution is 5.97. The van der Waals surface area contributed by atoms with Crippen LogP contribution in [0.3, 0.4) is 0 Å². The number of rotatable bonds is 6. The minimum absolute atomic E-state index is 0.0773. The molecular formula is C16H24N2O4. The molecule has 0 heterocycles. The van der Waals surface area contributed by atoms with Crippen molar-refractivity contribution < 1.29 is 19.1 Å². The zero-order valence-electron chi connectivity index (χ0n) is 13.8. The van der Waals surface area contributed by atoms with Crippen LogP contribution in [-0.4, -0.2) is 37.6 Å². The Morgan fingerprint density at radius 2 is 1.86 bits per heavy atom. The number of carbonyl (C=O) groups excluding carboxylic acids is 2. The standard InChI is InChI=1S/C16H24N2O4/c1-6-22-13-9-11(7-8-12(13)21-5)15(20)17-10-14(19)18-16(2,3)4/h7-9H,6,10H2,1-5H3,(H,17,20)(H,18,19). The number of nitrogens with one attached hydrogen (secondary N) is 2. The van der Waals surface area contributed by atoms with E-state index in [1.807, 2.05) is 27.7 Å². The van der Waals surface area contributed by atoms with Gasteiger partial charge in [0.2, 0.25) is 5.91 Å². The molecular weight excluding hydrogens is 284 g/mol. The van der Waals surface area contributed by atoms with E-state index in [4.69, 9.17) is 9.47 Å². The molecule has 1 aromatic carbocycles. The third-order valence-electron chi connectivity index (χ3n) is 2.65. The quantitative estimate of drug-likeness (QED) is 0.839. The topological polar surface area (TPSA) is 76.7 Å². The van der Waals surface area contributed by atoms with Gasteiger partial charge in [0, 0.05) is 11.1 Å². The molecule has 0 spiro atoms. The SMILES string of the molecule is CCOc1cc(C(=O)NCC(=O)NC(C)(C)C)ccc1OC. The summed E-state index contributed by atoms with van der Waals surface area (Å²) >= 11 is 0. The van der Waals surface area contributed by atoms with E-state index < -0.39 is 0 Å². The second-order valence-electron chi connectivity index (χ2n) is 5.78. The molecule has 0 unspecified atom stereocenters. The largest absolute Gasteiger partial charge is 0.493 e. The number of hydrogen-bond donors (Lipinski definition) is 2. The lowest BCUT2D eigenvalue weighted by atomic mass is 10.1. The molecule has 6 heteroatoms. The van der Waals surface area contributed by atoms with Crippen LogP contribution in [0.15, 0.2) is 18.2 Å². The molecule has 6 nitrogen and oxygen atoms in total. The van der Waals surface area contributed by atoms with E-state index in [1.165, 1.54) is 7.11 Å². The maximum atomic E-state index is 12.1. The predicted molar refractivity (Wildman–Crippen MR) is 84.4 cm³/mol. The number of ether oxygens (including phenoxy) is 2. The van der Waals surface area contributed by atoms with E-state index in [0.717, 1.165) is 0 Å². The van der Waals surface area contributed by atoms with E-state index in [0.29, 0.717) is 23.7 Å². The molecule has 22 heavy (non-hydrogen) atoms. The zero-order valence-corrected chi connectivity index (χ0v) is 13.8. The highest BCUT2D eigenvalue weighted by Crippen LogP contribution is 2.27. The Hall–Kier alpha value is -2.24. The van der Waals surface area contributed by atoms with Crippen LogP contribution in [0.25, 0.3) is 0 Å². The van der Waals surface area contributed by atoms with Crippen molar-refractivity contribution in [1.82, 2.24) is 10.6 Å². The molecule has 0 aliphatic heterocycles. The lowest BCUT2D eigenvalue weighted by molar-refractivity contribution is -0.121. The van der Waals surface area contributed by atoms with Gasteiger partial charge in [-0.15, -0.1) is 0 Å². The normalized spacial score (nSPS) is 10.8. The van der Waals surface area contributed by atoms with Gasteiger partial charge in [-0.05, 0) is 45.9 Å². The van der Waals surface area contributed by atoms with Crippen molar-refractivity contribution in [1.29, 1.82) is 0 Å². The summed E-state index contributed by atoms with van der Waals surface area (Å²) in [6.45, 7) is 7.88. The van der Waals surface area contributed by atoms with Gasteiger partial charge in [-0.2, -0.15) is 0 Å². The van der Waals surface area contributed by atoms with Crippen molar-refractivity contribution in [3.05, 3.63) is 23.8 Å². The van der Waals surface area contributed by atoms with Crippen LogP contribution in [0.5, 0.6) is 11.5 Å². The summed E-state index contributed by atoms with van der Waals surface area (Å²) in [5, 5.41) is 5.36. The lowest BCUT2D eigenvalue weighted by Gasteiger charge is -2.20. The Labute approximate surface area is 131 Å². The van der Waals surface area contributed by atoms with Crippen molar-refractivity contribution in [3.63, 3.8) is 0 Å². The van der Waals surface area contributed by atoms with Crippen molar-refractivity contribution in [2.24, 2.45) is 0 Å². The molecule has 0 aliphatic carbocycles. The first-order chi connectivity index (χ1) is 10.3. The van der Waals surface area contributed by atoms with Gasteiger partial charge in [0.15, 0.2) is 11.5 Å². The van der Waals surface area contributed by atoms with Crippen LogP contribution in [0.1, 0.15) is 38.1 Å². The summed E-state index contributed by atoms with van der Waals surface area (Å²) in [7, 11) is 1.54. The van der Waals surface area contributed by atoms with Gasteiger partial charge in [0.1, 0.15) is 0 Å². The maximum absolute atomic E-state index is 12.1. The number of hydrogen-bond acceptors (Lipinski definition) is 4. The summed E-state index contributed by atoms with van der Waals surface area (Å²) in [6.07, 6.45) is 0. The number of amides is 2. The summed E-state index contributed by atoms with van der Waals surface area (Å²) in [5.41, 5.74) is 0.0807. The van der Waals surface area contributed by atoms with Gasteiger partial charge in [0.05, 0.1) is 20.3 Å². The van der Waals surface area contributed by atoms with Crippen molar-refractivity contribution >= 4 is 11.8 Å². The van der Waals surface area contributed by atoms with Gasteiger partial charge in [-0.3, -0.25) is 9.59 Å². The van der Waals surface area contributed by atoms with Crippen LogP contribution in [0.4, 0.5) is 0 Å². The van der Waals surface area contributed by atoms with Crippen LogP contribution >= 0.6 is 0 Å². The Balaban J connectivity index is 2.69. The molecule has 2 N–H and O–H groups in total. The molecule has 0 aromatic heterocycles. The molecule has 0 atom stereocenters. The fourth-order valence-electron chi connectivity index (χ4n) is 1.81. The highest BCUT2D eigenvalue weighted by Gasteiger charge is 2.15. The summed E-state index contributed by atoms with van der Waals surface area (Å²) in [6, 6.07) is 4.88. The van der Waals surface area contributed by atoms with Crippen LogP contribution in [-0.2, 0) is 4.79 Å². The van der Waals surface area contributed by atoms with E-state index in [2.05, 4.69) is 10.6 Å². The van der Waals surface area contributed by atoms with E-state index >= 15 is 0 Å². The number of carbonyl (C=O) groups is 2. The second kappa shape index (κ2) is 7.68. The molecule has 0 aliphatic rings. The van der Waals surface area contributed by atoms with E-state index in [-0.39, 0.29) is 23.9 Å². The van der Waals surface area contributed by atoms with Gasteiger partial charge < -0.3 is 20.1 Å². The lowest BCUT2D eigenvalue weighted by Crippen LogP contribution is -2.45. The Morgan fingerprint density at radius 1 is 1.18 bits per heavy atom. The number of methoxy groups -OCH3 is 1. The highest BCUT2D eigenvalue weighted by atomic mass is 16.5. The van der Waals surface area contributed by atoms with Gasteiger partial charge in [0.25, 0.3) is 5.91 Å². The third kappa shape index (κ3) is 5.63. The number of benzene rings is 1. The maximum Gasteiger partial charge on any atom is 0.251 e. The Morgan fingerprint density at radius 3 is 2.41 bits per heavy atom. The molecule has 0 saturated carbocycles. The fourth-order valence-corrected chi connectivity index (χ4v) is 1.81. The molecule has 2 amide bonds. The minimum atomic E-state index is -0.340. The average molecular weight is 308 g/mol. The van der Waals surface area contributed by atoms with E-state index in [1.54, 1.807) is 18.2 Å². The van der Waals surface area contributed by atoms with Crippen LogP contribution in [0, 0.1) is 0 Å². The molecule has 0 bridgehead atoms. The fraction of sp³-hybridized carbons (Fsp3) is 0.500. The molecule has 122 valence electrons. The molecule has 1 rings (SSSR count). The zero-order chi connectivity index (χ0) is 16.8. The molecule has 0 radical (unpaired) electrons. The third-order valence-corrected chi connectivity index (χ3v) is 2.65.